The number of nitrogens with two attached hydrogens (primary N) is 1. The quantitative estimate of drug-likeness (QED) is 0.765. The van der Waals surface area contributed by atoms with E-state index in [0.717, 1.165) is 16.1 Å². The molecule has 0 aliphatic heterocycles. The van der Waals surface area contributed by atoms with E-state index < -0.39 is 0 Å². The molecule has 0 spiro atoms. The Hall–Kier alpha value is -1.78. The smallest absolute Gasteiger partial charge is 0.0776 e. The van der Waals surface area contributed by atoms with Gasteiger partial charge in [0.2, 0.25) is 0 Å². The molecule has 2 N–H and O–H groups in total. The van der Waals surface area contributed by atoms with Gasteiger partial charge >= 0.3 is 0 Å². The van der Waals surface area contributed by atoms with E-state index in [4.69, 9.17) is 5.73 Å². The van der Waals surface area contributed by atoms with Gasteiger partial charge in [0.25, 0.3) is 0 Å². The Morgan fingerprint density at radius 1 is 1.11 bits per heavy atom. The number of benzene rings is 2. The molecule has 0 radical (unpaired) electrons. The van der Waals surface area contributed by atoms with E-state index >= 15 is 0 Å². The highest BCUT2D eigenvalue weighted by molar-refractivity contribution is 7.05. The standard InChI is InChI=1S/C14H13N3S/c1-9-14(18-17-16-9)13(15)12-8-4-6-10-5-2-3-7-11(10)12/h2-8,13H,15H2,1H3. The first kappa shape index (κ1) is 11.3. The Morgan fingerprint density at radius 2 is 1.89 bits per heavy atom. The van der Waals surface area contributed by atoms with Crippen molar-refractivity contribution in [1.29, 1.82) is 0 Å². The molecule has 3 nitrogen and oxygen atoms in total. The van der Waals surface area contributed by atoms with Crippen LogP contribution in [0.25, 0.3) is 10.8 Å². The number of fused-ring (bicyclic) bond motifs is 1. The first-order valence-electron chi connectivity index (χ1n) is 5.79. The minimum atomic E-state index is -0.156. The van der Waals surface area contributed by atoms with E-state index in [2.05, 4.69) is 33.9 Å². The van der Waals surface area contributed by atoms with E-state index in [1.807, 2.05) is 25.1 Å². The molecule has 18 heavy (non-hydrogen) atoms. The topological polar surface area (TPSA) is 51.8 Å². The van der Waals surface area contributed by atoms with E-state index in [1.54, 1.807) is 0 Å². The SMILES string of the molecule is Cc1nnsc1C(N)c1cccc2ccccc12. The summed E-state index contributed by atoms with van der Waals surface area (Å²) in [7, 11) is 0. The predicted octanol–water partition coefficient (Wildman–Crippen LogP) is 3.05. The fraction of sp³-hybridized carbons (Fsp3) is 0.143. The Morgan fingerprint density at radius 3 is 2.67 bits per heavy atom. The molecule has 90 valence electrons. The number of aromatic nitrogens is 2. The van der Waals surface area contributed by atoms with Gasteiger partial charge in [0.1, 0.15) is 0 Å². The highest BCUT2D eigenvalue weighted by Crippen LogP contribution is 2.29. The minimum Gasteiger partial charge on any atom is -0.319 e. The number of hydrogen-bond acceptors (Lipinski definition) is 4. The maximum absolute atomic E-state index is 6.36. The van der Waals surface area contributed by atoms with Gasteiger partial charge in [-0.3, -0.25) is 0 Å². The van der Waals surface area contributed by atoms with Gasteiger partial charge in [-0.15, -0.1) is 5.10 Å². The molecule has 1 unspecified atom stereocenters. The molecule has 4 heteroatoms. The van der Waals surface area contributed by atoms with Gasteiger partial charge in [0, 0.05) is 0 Å². The average molecular weight is 255 g/mol. The van der Waals surface area contributed by atoms with Crippen molar-refractivity contribution in [2.45, 2.75) is 13.0 Å². The van der Waals surface area contributed by atoms with Crippen LogP contribution in [-0.4, -0.2) is 9.59 Å². The summed E-state index contributed by atoms with van der Waals surface area (Å²) in [5, 5.41) is 6.44. The molecular formula is C14H13N3S. The van der Waals surface area contributed by atoms with Crippen LogP contribution in [-0.2, 0) is 0 Å². The molecule has 2 aromatic carbocycles. The van der Waals surface area contributed by atoms with Crippen LogP contribution in [0.1, 0.15) is 22.2 Å². The van der Waals surface area contributed by atoms with Crippen LogP contribution in [0, 0.1) is 6.92 Å². The zero-order valence-corrected chi connectivity index (χ0v) is 10.8. The zero-order chi connectivity index (χ0) is 12.5. The van der Waals surface area contributed by atoms with Gasteiger partial charge in [-0.1, -0.05) is 47.0 Å². The summed E-state index contributed by atoms with van der Waals surface area (Å²) in [5.74, 6) is 0. The Bertz CT molecular complexity index is 685. The summed E-state index contributed by atoms with van der Waals surface area (Å²) in [6, 6.07) is 14.3. The number of rotatable bonds is 2. The summed E-state index contributed by atoms with van der Waals surface area (Å²) in [6.07, 6.45) is 0. The molecule has 1 aromatic heterocycles. The van der Waals surface area contributed by atoms with Gasteiger partial charge in [-0.25, -0.2) is 0 Å². The van der Waals surface area contributed by atoms with E-state index in [0.29, 0.717) is 0 Å². The fourth-order valence-electron chi connectivity index (χ4n) is 2.19. The summed E-state index contributed by atoms with van der Waals surface area (Å²) in [6.45, 7) is 1.95. The molecule has 0 fully saturated rings. The zero-order valence-electron chi connectivity index (χ0n) is 10.00. The first-order chi connectivity index (χ1) is 8.77. The van der Waals surface area contributed by atoms with Crippen LogP contribution < -0.4 is 5.73 Å². The van der Waals surface area contributed by atoms with Crippen LogP contribution in [0.4, 0.5) is 0 Å². The van der Waals surface area contributed by atoms with Crippen molar-refractivity contribution in [2.75, 3.05) is 0 Å². The van der Waals surface area contributed by atoms with Crippen LogP contribution in [0.3, 0.4) is 0 Å². The molecule has 3 aromatic rings. The normalized spacial score (nSPS) is 12.8. The Balaban J connectivity index is 2.18. The fourth-order valence-corrected chi connectivity index (χ4v) is 2.85. The van der Waals surface area contributed by atoms with Crippen LogP contribution >= 0.6 is 11.5 Å². The summed E-state index contributed by atoms with van der Waals surface area (Å²) in [4.78, 5) is 1.03. The second kappa shape index (κ2) is 4.48. The highest BCUT2D eigenvalue weighted by atomic mass is 32.1. The van der Waals surface area contributed by atoms with Crippen molar-refractivity contribution in [3.8, 4) is 0 Å². The molecule has 0 saturated heterocycles. The summed E-state index contributed by atoms with van der Waals surface area (Å²) in [5.41, 5.74) is 8.40. The summed E-state index contributed by atoms with van der Waals surface area (Å²) >= 11 is 1.37. The molecule has 3 rings (SSSR count). The van der Waals surface area contributed by atoms with Crippen LogP contribution in [0.5, 0.6) is 0 Å². The highest BCUT2D eigenvalue weighted by Gasteiger charge is 2.16. The van der Waals surface area contributed by atoms with Gasteiger partial charge in [0.15, 0.2) is 0 Å². The van der Waals surface area contributed by atoms with Gasteiger partial charge < -0.3 is 5.73 Å². The molecule has 1 heterocycles. The molecule has 0 bridgehead atoms. The average Bonchev–Trinajstić information content (AvgIpc) is 2.83. The molecule has 1 atom stereocenters. The predicted molar refractivity (Wildman–Crippen MR) is 74.6 cm³/mol. The van der Waals surface area contributed by atoms with E-state index in [-0.39, 0.29) is 6.04 Å². The van der Waals surface area contributed by atoms with Crippen molar-refractivity contribution in [1.82, 2.24) is 9.59 Å². The lowest BCUT2D eigenvalue weighted by Crippen LogP contribution is -2.12. The van der Waals surface area contributed by atoms with E-state index in [9.17, 15) is 0 Å². The van der Waals surface area contributed by atoms with Crippen LogP contribution in [0.2, 0.25) is 0 Å². The maximum atomic E-state index is 6.36. The monoisotopic (exact) mass is 255 g/mol. The molecular weight excluding hydrogens is 242 g/mol. The Kier molecular flexibility index (Phi) is 2.81. The van der Waals surface area contributed by atoms with Crippen LogP contribution in [0.15, 0.2) is 42.5 Å². The second-order valence-electron chi connectivity index (χ2n) is 4.27. The molecule has 0 aliphatic rings. The third kappa shape index (κ3) is 1.79. The first-order valence-corrected chi connectivity index (χ1v) is 6.57. The van der Waals surface area contributed by atoms with Gasteiger partial charge in [-0.05, 0) is 34.8 Å². The summed E-state index contributed by atoms with van der Waals surface area (Å²) < 4.78 is 3.96. The van der Waals surface area contributed by atoms with Gasteiger partial charge in [0.05, 0.1) is 16.6 Å². The molecule has 0 amide bonds. The van der Waals surface area contributed by atoms with Crippen molar-refractivity contribution < 1.29 is 0 Å². The second-order valence-corrected chi connectivity index (χ2v) is 5.05. The number of aryl methyl sites for hydroxylation is 1. The lowest BCUT2D eigenvalue weighted by atomic mass is 9.98. The van der Waals surface area contributed by atoms with Crippen molar-refractivity contribution in [3.63, 3.8) is 0 Å². The van der Waals surface area contributed by atoms with E-state index in [1.165, 1.54) is 22.3 Å². The van der Waals surface area contributed by atoms with Gasteiger partial charge in [-0.2, -0.15) is 0 Å². The van der Waals surface area contributed by atoms with Crippen molar-refractivity contribution in [3.05, 3.63) is 58.6 Å². The largest absolute Gasteiger partial charge is 0.319 e. The van der Waals surface area contributed by atoms with Crippen molar-refractivity contribution in [2.24, 2.45) is 5.73 Å². The Labute approximate surface area is 109 Å². The molecule has 0 aliphatic carbocycles. The lowest BCUT2D eigenvalue weighted by Gasteiger charge is -2.13. The number of hydrogen-bond donors (Lipinski definition) is 1. The minimum absolute atomic E-state index is 0.156. The maximum Gasteiger partial charge on any atom is 0.0776 e. The molecule has 0 saturated carbocycles. The third-order valence-corrected chi connectivity index (χ3v) is 4.04. The lowest BCUT2D eigenvalue weighted by molar-refractivity contribution is 0.883. The number of nitrogens with zero attached hydrogens (tertiary/aromatic N) is 2. The van der Waals surface area contributed by atoms with Crippen molar-refractivity contribution >= 4 is 22.3 Å². The third-order valence-electron chi connectivity index (χ3n) is 3.13.